The lowest BCUT2D eigenvalue weighted by Crippen LogP contribution is -2.41. The second-order valence-electron chi connectivity index (χ2n) is 8.58. The van der Waals surface area contributed by atoms with Crippen LogP contribution in [0, 0.1) is 11.2 Å². The lowest BCUT2D eigenvalue weighted by atomic mass is 9.70. The minimum absolute atomic E-state index is 0.0793. The van der Waals surface area contributed by atoms with Crippen molar-refractivity contribution in [2.75, 3.05) is 6.61 Å². The molecule has 2 aromatic carbocycles. The van der Waals surface area contributed by atoms with E-state index >= 15 is 0 Å². The second kappa shape index (κ2) is 7.39. The smallest absolute Gasteiger partial charge is 0.123 e. The number of rotatable bonds is 6. The predicted molar refractivity (Wildman–Crippen MR) is 111 cm³/mol. The molecule has 5 heteroatoms. The molecule has 2 fully saturated rings. The predicted octanol–water partition coefficient (Wildman–Crippen LogP) is 4.17. The van der Waals surface area contributed by atoms with Crippen LogP contribution >= 0.6 is 0 Å². The average Bonchev–Trinajstić information content (AvgIpc) is 3.44. The SMILES string of the molecule is OC[C@]1(Cc2ccccc2)C[C@@H]2CC[C@H]1N2Cc1cn[nH]c1-c1ccc(F)cc1. The number of H-pyrrole nitrogens is 1. The van der Waals surface area contributed by atoms with E-state index in [-0.39, 0.29) is 17.8 Å². The zero-order chi connectivity index (χ0) is 19.8. The van der Waals surface area contributed by atoms with E-state index in [9.17, 15) is 9.50 Å². The maximum Gasteiger partial charge on any atom is 0.123 e. The van der Waals surface area contributed by atoms with Gasteiger partial charge in [-0.25, -0.2) is 4.39 Å². The topological polar surface area (TPSA) is 52.1 Å². The zero-order valence-electron chi connectivity index (χ0n) is 16.4. The van der Waals surface area contributed by atoms with Crippen LogP contribution in [-0.2, 0) is 13.0 Å². The first-order chi connectivity index (χ1) is 14.2. The van der Waals surface area contributed by atoms with Gasteiger partial charge in [-0.05, 0) is 55.5 Å². The summed E-state index contributed by atoms with van der Waals surface area (Å²) in [5.74, 6) is -0.235. The molecule has 0 spiro atoms. The highest BCUT2D eigenvalue weighted by Crippen LogP contribution is 2.52. The summed E-state index contributed by atoms with van der Waals surface area (Å²) in [4.78, 5) is 2.57. The number of aliphatic hydroxyl groups excluding tert-OH is 1. The van der Waals surface area contributed by atoms with E-state index < -0.39 is 0 Å². The Morgan fingerprint density at radius 1 is 1.10 bits per heavy atom. The van der Waals surface area contributed by atoms with E-state index in [1.54, 1.807) is 12.1 Å². The Bertz CT molecular complexity index is 971. The molecule has 0 amide bonds. The van der Waals surface area contributed by atoms with Crippen molar-refractivity contribution in [1.82, 2.24) is 15.1 Å². The monoisotopic (exact) mass is 391 g/mol. The van der Waals surface area contributed by atoms with Gasteiger partial charge < -0.3 is 5.11 Å². The van der Waals surface area contributed by atoms with Crippen molar-refractivity contribution >= 4 is 0 Å². The molecule has 5 rings (SSSR count). The summed E-state index contributed by atoms with van der Waals surface area (Å²) < 4.78 is 13.3. The standard InChI is InChI=1S/C24H26FN3O/c25-20-8-6-18(7-9-20)23-19(14-26-27-23)15-28-21-10-11-22(28)24(13-21,16-29)12-17-4-2-1-3-5-17/h1-9,14,21-22,29H,10-13,15-16H2,(H,26,27)/t21-,22+,24-/m0/s1. The molecule has 0 radical (unpaired) electrons. The van der Waals surface area contributed by atoms with Gasteiger partial charge in [0.1, 0.15) is 5.82 Å². The Morgan fingerprint density at radius 2 is 1.90 bits per heavy atom. The number of nitrogens with zero attached hydrogens (tertiary/aromatic N) is 2. The van der Waals surface area contributed by atoms with Gasteiger partial charge in [0, 0.05) is 35.2 Å². The maximum absolute atomic E-state index is 13.3. The van der Waals surface area contributed by atoms with E-state index in [0.29, 0.717) is 12.1 Å². The molecule has 3 heterocycles. The Labute approximate surface area is 170 Å². The van der Waals surface area contributed by atoms with Crippen LogP contribution in [0.5, 0.6) is 0 Å². The van der Waals surface area contributed by atoms with Gasteiger partial charge in [-0.1, -0.05) is 30.3 Å². The molecule has 3 atom stereocenters. The van der Waals surface area contributed by atoms with Crippen LogP contribution in [0.2, 0.25) is 0 Å². The molecular weight excluding hydrogens is 365 g/mol. The van der Waals surface area contributed by atoms with Gasteiger partial charge in [0.2, 0.25) is 0 Å². The summed E-state index contributed by atoms with van der Waals surface area (Å²) in [7, 11) is 0. The molecule has 2 aliphatic rings. The highest BCUT2D eigenvalue weighted by Gasteiger charge is 2.55. The summed E-state index contributed by atoms with van der Waals surface area (Å²) in [6.07, 6.45) is 6.14. The molecular formula is C24H26FN3O. The van der Waals surface area contributed by atoms with Gasteiger partial charge in [-0.15, -0.1) is 0 Å². The molecule has 29 heavy (non-hydrogen) atoms. The number of hydrogen-bond donors (Lipinski definition) is 2. The van der Waals surface area contributed by atoms with Crippen molar-refractivity contribution < 1.29 is 9.50 Å². The first kappa shape index (κ1) is 18.5. The van der Waals surface area contributed by atoms with Crippen molar-refractivity contribution in [2.45, 2.75) is 44.3 Å². The van der Waals surface area contributed by atoms with Gasteiger partial charge in [0.05, 0.1) is 18.5 Å². The Kier molecular flexibility index (Phi) is 4.72. The first-order valence-corrected chi connectivity index (χ1v) is 10.4. The Hall–Kier alpha value is -2.50. The number of aromatic nitrogens is 2. The van der Waals surface area contributed by atoms with Gasteiger partial charge in [-0.2, -0.15) is 5.10 Å². The van der Waals surface area contributed by atoms with Crippen LogP contribution in [0.1, 0.15) is 30.4 Å². The van der Waals surface area contributed by atoms with Crippen molar-refractivity contribution in [3.63, 3.8) is 0 Å². The highest BCUT2D eigenvalue weighted by molar-refractivity contribution is 5.62. The number of benzene rings is 2. The lowest BCUT2D eigenvalue weighted by molar-refractivity contribution is 0.0751. The first-order valence-electron chi connectivity index (χ1n) is 10.4. The number of aromatic amines is 1. The number of halogens is 1. The van der Waals surface area contributed by atoms with E-state index in [4.69, 9.17) is 0 Å². The Balaban J connectivity index is 1.39. The zero-order valence-corrected chi connectivity index (χ0v) is 16.4. The molecule has 0 unspecified atom stereocenters. The maximum atomic E-state index is 13.3. The molecule has 3 aromatic rings. The largest absolute Gasteiger partial charge is 0.396 e. The third-order valence-electron chi connectivity index (χ3n) is 6.91. The van der Waals surface area contributed by atoms with Crippen molar-refractivity contribution in [3.05, 3.63) is 77.7 Å². The Morgan fingerprint density at radius 3 is 2.66 bits per heavy atom. The van der Waals surface area contributed by atoms with Crippen LogP contribution in [-0.4, -0.2) is 38.9 Å². The van der Waals surface area contributed by atoms with E-state index in [2.05, 4.69) is 39.4 Å². The molecule has 2 saturated heterocycles. The quantitative estimate of drug-likeness (QED) is 0.663. The van der Waals surface area contributed by atoms with Crippen LogP contribution in [0.25, 0.3) is 11.3 Å². The molecule has 1 aromatic heterocycles. The van der Waals surface area contributed by atoms with Crippen LogP contribution in [0.4, 0.5) is 4.39 Å². The summed E-state index contributed by atoms with van der Waals surface area (Å²) in [5, 5.41) is 17.8. The molecule has 0 saturated carbocycles. The van der Waals surface area contributed by atoms with Crippen LogP contribution in [0.15, 0.2) is 60.8 Å². The van der Waals surface area contributed by atoms with Crippen molar-refractivity contribution in [2.24, 2.45) is 5.41 Å². The van der Waals surface area contributed by atoms with Crippen molar-refractivity contribution in [1.29, 1.82) is 0 Å². The van der Waals surface area contributed by atoms with Crippen molar-refractivity contribution in [3.8, 4) is 11.3 Å². The summed E-state index contributed by atoms with van der Waals surface area (Å²) >= 11 is 0. The summed E-state index contributed by atoms with van der Waals surface area (Å²) in [5.41, 5.74) is 4.24. The third kappa shape index (κ3) is 3.28. The highest BCUT2D eigenvalue weighted by atomic mass is 19.1. The normalized spacial score (nSPS) is 26.3. The number of aliphatic hydroxyl groups is 1. The number of nitrogens with one attached hydrogen (secondary N) is 1. The fourth-order valence-corrected chi connectivity index (χ4v) is 5.57. The number of hydrogen-bond acceptors (Lipinski definition) is 3. The average molecular weight is 391 g/mol. The van der Waals surface area contributed by atoms with Crippen LogP contribution < -0.4 is 0 Å². The molecule has 150 valence electrons. The molecule has 0 aliphatic carbocycles. The van der Waals surface area contributed by atoms with E-state index in [1.807, 2.05) is 12.3 Å². The van der Waals surface area contributed by atoms with E-state index in [0.717, 1.165) is 42.6 Å². The van der Waals surface area contributed by atoms with Gasteiger partial charge in [-0.3, -0.25) is 10.00 Å². The van der Waals surface area contributed by atoms with Gasteiger partial charge in [0.15, 0.2) is 0 Å². The second-order valence-corrected chi connectivity index (χ2v) is 8.58. The third-order valence-corrected chi connectivity index (χ3v) is 6.91. The minimum atomic E-state index is -0.235. The number of fused-ring (bicyclic) bond motifs is 2. The fraction of sp³-hybridized carbons (Fsp3) is 0.375. The fourth-order valence-electron chi connectivity index (χ4n) is 5.57. The lowest BCUT2D eigenvalue weighted by Gasteiger charge is -2.36. The van der Waals surface area contributed by atoms with Gasteiger partial charge >= 0.3 is 0 Å². The van der Waals surface area contributed by atoms with Crippen LogP contribution in [0.3, 0.4) is 0 Å². The molecule has 2 N–H and O–H groups in total. The minimum Gasteiger partial charge on any atom is -0.396 e. The summed E-state index contributed by atoms with van der Waals surface area (Å²) in [6, 6.07) is 17.9. The summed E-state index contributed by atoms with van der Waals surface area (Å²) in [6.45, 7) is 1.02. The molecule has 2 bridgehead atoms. The van der Waals surface area contributed by atoms with E-state index in [1.165, 1.54) is 24.1 Å². The molecule has 4 nitrogen and oxygen atoms in total. The van der Waals surface area contributed by atoms with Gasteiger partial charge in [0.25, 0.3) is 0 Å². The molecule has 2 aliphatic heterocycles.